The van der Waals surface area contributed by atoms with Gasteiger partial charge in [-0.1, -0.05) is 19.3 Å². The maximum Gasteiger partial charge on any atom is 0.350 e. The van der Waals surface area contributed by atoms with E-state index < -0.39 is 0 Å². The van der Waals surface area contributed by atoms with Gasteiger partial charge in [0, 0.05) is 11.6 Å². The number of rotatable bonds is 4. The number of hydrogen-bond donors (Lipinski definition) is 2. The van der Waals surface area contributed by atoms with Crippen molar-refractivity contribution in [2.45, 2.75) is 56.9 Å². The first kappa shape index (κ1) is 13.7. The molecule has 1 aromatic rings. The molecule has 5 heteroatoms. The molecule has 2 fully saturated rings. The molecule has 20 heavy (non-hydrogen) atoms. The monoisotopic (exact) mass is 294 g/mol. The van der Waals surface area contributed by atoms with Crippen LogP contribution in [0.25, 0.3) is 0 Å². The molecule has 110 valence electrons. The second kappa shape index (κ2) is 5.64. The summed E-state index contributed by atoms with van der Waals surface area (Å²) in [5, 5.41) is 4.75. The van der Waals surface area contributed by atoms with Crippen LogP contribution in [-0.4, -0.2) is 19.1 Å². The van der Waals surface area contributed by atoms with Crippen molar-refractivity contribution in [3.8, 4) is 0 Å². The fraction of sp³-hybridized carbons (Fsp3) is 0.667. The first-order chi connectivity index (χ1) is 9.70. The number of carbonyl (C=O) groups is 1. The number of ether oxygens (including phenoxy) is 1. The van der Waals surface area contributed by atoms with E-state index in [1.165, 1.54) is 69.0 Å². The van der Waals surface area contributed by atoms with Gasteiger partial charge in [-0.2, -0.15) is 0 Å². The van der Waals surface area contributed by atoms with E-state index >= 15 is 0 Å². The van der Waals surface area contributed by atoms with E-state index in [1.54, 1.807) is 0 Å². The summed E-state index contributed by atoms with van der Waals surface area (Å²) in [5.74, 6) is 0.224. The largest absolute Gasteiger partial charge is 0.465 e. The third-order valence-corrected chi connectivity index (χ3v) is 5.41. The zero-order chi connectivity index (χ0) is 14.1. The molecule has 2 saturated carbocycles. The number of nitrogen functional groups attached to an aromatic ring is 1. The minimum atomic E-state index is -0.314. The molecule has 0 unspecified atom stereocenters. The summed E-state index contributed by atoms with van der Waals surface area (Å²) in [4.78, 5) is 12.4. The number of thiophene rings is 1. The van der Waals surface area contributed by atoms with Gasteiger partial charge in [-0.05, 0) is 31.6 Å². The molecule has 3 rings (SSSR count). The lowest BCUT2D eigenvalue weighted by Crippen LogP contribution is -2.22. The van der Waals surface area contributed by atoms with Gasteiger partial charge in [0.1, 0.15) is 4.88 Å². The van der Waals surface area contributed by atoms with Gasteiger partial charge in [-0.15, -0.1) is 11.3 Å². The van der Waals surface area contributed by atoms with Crippen LogP contribution in [-0.2, 0) is 4.74 Å². The fourth-order valence-electron chi connectivity index (χ4n) is 3.02. The van der Waals surface area contributed by atoms with Crippen LogP contribution in [0.2, 0.25) is 0 Å². The lowest BCUT2D eigenvalue weighted by atomic mass is 9.95. The van der Waals surface area contributed by atoms with Gasteiger partial charge in [-0.25, -0.2) is 4.79 Å². The van der Waals surface area contributed by atoms with E-state index in [-0.39, 0.29) is 5.97 Å². The summed E-state index contributed by atoms with van der Waals surface area (Å²) < 4.78 is 4.84. The number of esters is 1. The zero-order valence-electron chi connectivity index (χ0n) is 11.9. The summed E-state index contributed by atoms with van der Waals surface area (Å²) in [5.41, 5.74) is 8.01. The van der Waals surface area contributed by atoms with E-state index in [9.17, 15) is 4.79 Å². The second-order valence-corrected chi connectivity index (χ2v) is 6.85. The van der Waals surface area contributed by atoms with Crippen LogP contribution in [0, 0.1) is 0 Å². The number of hydrogen-bond acceptors (Lipinski definition) is 5. The molecule has 0 aromatic carbocycles. The standard InChI is InChI=1S/C15H22N2O2S/c1-19-15(18)13-12(16)11(9-7-8-9)14(20-13)17-10-5-3-2-4-6-10/h9-10,17H,2-8,16H2,1H3. The first-order valence-electron chi connectivity index (χ1n) is 7.47. The van der Waals surface area contributed by atoms with E-state index in [0.29, 0.717) is 22.5 Å². The van der Waals surface area contributed by atoms with Crippen LogP contribution in [0.3, 0.4) is 0 Å². The van der Waals surface area contributed by atoms with Crippen molar-refractivity contribution in [2.75, 3.05) is 18.2 Å². The zero-order valence-corrected chi connectivity index (χ0v) is 12.7. The Morgan fingerprint density at radius 3 is 2.55 bits per heavy atom. The van der Waals surface area contributed by atoms with Crippen molar-refractivity contribution in [3.05, 3.63) is 10.4 Å². The summed E-state index contributed by atoms with van der Waals surface area (Å²) >= 11 is 1.47. The highest BCUT2D eigenvalue weighted by Crippen LogP contribution is 2.51. The minimum absolute atomic E-state index is 0.314. The fourth-order valence-corrected chi connectivity index (χ4v) is 4.22. The molecule has 1 aromatic heterocycles. The summed E-state index contributed by atoms with van der Waals surface area (Å²) in [7, 11) is 1.41. The average Bonchev–Trinajstić information content (AvgIpc) is 3.24. The molecule has 0 radical (unpaired) electrons. The Bertz CT molecular complexity index is 502. The van der Waals surface area contributed by atoms with Gasteiger partial charge in [0.25, 0.3) is 0 Å². The Morgan fingerprint density at radius 1 is 1.25 bits per heavy atom. The van der Waals surface area contributed by atoms with E-state index in [4.69, 9.17) is 10.5 Å². The molecule has 0 amide bonds. The van der Waals surface area contributed by atoms with E-state index in [0.717, 1.165) is 5.00 Å². The molecule has 0 bridgehead atoms. The van der Waals surface area contributed by atoms with Crippen LogP contribution in [0.5, 0.6) is 0 Å². The summed E-state index contributed by atoms with van der Waals surface area (Å²) in [6, 6.07) is 0.532. The molecule has 3 N–H and O–H groups in total. The Kier molecular flexibility index (Phi) is 3.87. The van der Waals surface area contributed by atoms with E-state index in [1.807, 2.05) is 0 Å². The van der Waals surface area contributed by atoms with Gasteiger partial charge < -0.3 is 15.8 Å². The van der Waals surface area contributed by atoms with Crippen molar-refractivity contribution in [1.82, 2.24) is 0 Å². The normalized spacial score (nSPS) is 19.9. The topological polar surface area (TPSA) is 64.3 Å². The predicted octanol–water partition coefficient (Wildman–Crippen LogP) is 3.74. The maximum atomic E-state index is 11.8. The number of nitrogens with two attached hydrogens (primary N) is 1. The molecule has 2 aliphatic carbocycles. The summed E-state index contributed by atoms with van der Waals surface area (Å²) in [6.07, 6.45) is 8.72. The molecule has 0 aliphatic heterocycles. The van der Waals surface area contributed by atoms with E-state index in [2.05, 4.69) is 5.32 Å². The molecule has 2 aliphatic rings. The highest BCUT2D eigenvalue weighted by molar-refractivity contribution is 7.18. The third-order valence-electron chi connectivity index (χ3n) is 4.28. The second-order valence-electron chi connectivity index (χ2n) is 5.83. The molecule has 0 atom stereocenters. The van der Waals surface area contributed by atoms with Crippen LogP contribution < -0.4 is 11.1 Å². The van der Waals surface area contributed by atoms with Crippen LogP contribution in [0.4, 0.5) is 10.7 Å². The highest BCUT2D eigenvalue weighted by Gasteiger charge is 2.33. The molecular weight excluding hydrogens is 272 g/mol. The minimum Gasteiger partial charge on any atom is -0.465 e. The van der Waals surface area contributed by atoms with Crippen LogP contribution in [0.1, 0.15) is 66.1 Å². The van der Waals surface area contributed by atoms with Gasteiger partial charge in [0.2, 0.25) is 0 Å². The lowest BCUT2D eigenvalue weighted by molar-refractivity contribution is 0.0607. The Morgan fingerprint density at radius 2 is 1.95 bits per heavy atom. The smallest absolute Gasteiger partial charge is 0.350 e. The SMILES string of the molecule is COC(=O)c1sc(NC2CCCCC2)c(C2CC2)c1N. The first-order valence-corrected chi connectivity index (χ1v) is 8.29. The predicted molar refractivity (Wildman–Crippen MR) is 82.5 cm³/mol. The van der Waals surface area contributed by atoms with Crippen molar-refractivity contribution in [3.63, 3.8) is 0 Å². The van der Waals surface area contributed by atoms with Gasteiger partial charge in [0.15, 0.2) is 0 Å². The third kappa shape index (κ3) is 2.64. The molecule has 4 nitrogen and oxygen atoms in total. The Hall–Kier alpha value is -1.23. The molecule has 0 saturated heterocycles. The van der Waals surface area contributed by atoms with Crippen molar-refractivity contribution in [1.29, 1.82) is 0 Å². The van der Waals surface area contributed by atoms with Crippen LogP contribution >= 0.6 is 11.3 Å². The highest BCUT2D eigenvalue weighted by atomic mass is 32.1. The Balaban J connectivity index is 1.86. The molecule has 0 spiro atoms. The number of carbonyl (C=O) groups excluding carboxylic acids is 1. The number of anilines is 2. The number of nitrogens with one attached hydrogen (secondary N) is 1. The lowest BCUT2D eigenvalue weighted by Gasteiger charge is -2.23. The summed E-state index contributed by atoms with van der Waals surface area (Å²) in [6.45, 7) is 0. The quantitative estimate of drug-likeness (QED) is 0.830. The van der Waals surface area contributed by atoms with Gasteiger partial charge in [-0.3, -0.25) is 0 Å². The van der Waals surface area contributed by atoms with Crippen molar-refractivity contribution in [2.24, 2.45) is 0 Å². The number of methoxy groups -OCH3 is 1. The average molecular weight is 294 g/mol. The van der Waals surface area contributed by atoms with Gasteiger partial charge in [0.05, 0.1) is 17.8 Å². The maximum absolute atomic E-state index is 11.8. The molecule has 1 heterocycles. The van der Waals surface area contributed by atoms with Crippen molar-refractivity contribution < 1.29 is 9.53 Å². The molecular formula is C15H22N2O2S. The Labute approximate surface area is 123 Å². The van der Waals surface area contributed by atoms with Crippen LogP contribution in [0.15, 0.2) is 0 Å². The van der Waals surface area contributed by atoms with Crippen molar-refractivity contribution >= 4 is 28.0 Å². The van der Waals surface area contributed by atoms with Gasteiger partial charge >= 0.3 is 5.97 Å².